The van der Waals surface area contributed by atoms with E-state index in [9.17, 15) is 20.4 Å². The second-order valence-electron chi connectivity index (χ2n) is 9.96. The lowest BCUT2D eigenvalue weighted by molar-refractivity contribution is -0.259. The monoisotopic (exact) mass is 336 g/mol. The van der Waals surface area contributed by atoms with Crippen LogP contribution >= 0.6 is 0 Å². The fourth-order valence-corrected chi connectivity index (χ4v) is 7.60. The van der Waals surface area contributed by atoms with Gasteiger partial charge in [-0.2, -0.15) is 0 Å². The van der Waals surface area contributed by atoms with E-state index in [0.717, 1.165) is 24.8 Å². The van der Waals surface area contributed by atoms with E-state index in [0.29, 0.717) is 12.8 Å². The van der Waals surface area contributed by atoms with Gasteiger partial charge in [-0.15, -0.1) is 0 Å². The highest BCUT2D eigenvalue weighted by Gasteiger charge is 2.72. The molecular formula is C20H32O4. The van der Waals surface area contributed by atoms with E-state index < -0.39 is 23.7 Å². The molecule has 0 aromatic carbocycles. The first-order valence-electron chi connectivity index (χ1n) is 9.47. The summed E-state index contributed by atoms with van der Waals surface area (Å²) < 4.78 is 0. The van der Waals surface area contributed by atoms with Crippen LogP contribution in [0.4, 0.5) is 0 Å². The Balaban J connectivity index is 1.86. The zero-order chi connectivity index (χ0) is 17.7. The third-order valence-electron chi connectivity index (χ3n) is 8.77. The Kier molecular flexibility index (Phi) is 3.44. The molecule has 2 bridgehead atoms. The van der Waals surface area contributed by atoms with Gasteiger partial charge in [-0.1, -0.05) is 27.4 Å². The first-order valence-corrected chi connectivity index (χ1v) is 9.47. The number of rotatable bonds is 0. The Morgan fingerprint density at radius 3 is 2.33 bits per heavy atom. The van der Waals surface area contributed by atoms with Gasteiger partial charge < -0.3 is 20.4 Å². The highest BCUT2D eigenvalue weighted by atomic mass is 16.3. The van der Waals surface area contributed by atoms with Crippen LogP contribution in [0.1, 0.15) is 52.9 Å². The Labute approximate surface area is 144 Å². The van der Waals surface area contributed by atoms with Crippen molar-refractivity contribution in [3.8, 4) is 0 Å². The van der Waals surface area contributed by atoms with Crippen LogP contribution in [0.2, 0.25) is 0 Å². The molecule has 0 heterocycles. The van der Waals surface area contributed by atoms with Crippen LogP contribution in [-0.2, 0) is 0 Å². The largest absolute Gasteiger partial charge is 0.393 e. The molecule has 0 radical (unpaired) electrons. The quantitative estimate of drug-likeness (QED) is 0.509. The van der Waals surface area contributed by atoms with Gasteiger partial charge in [0.05, 0.1) is 24.4 Å². The van der Waals surface area contributed by atoms with E-state index in [1.807, 2.05) is 0 Å². The summed E-state index contributed by atoms with van der Waals surface area (Å²) in [6.07, 6.45) is 1.23. The Morgan fingerprint density at radius 2 is 1.67 bits per heavy atom. The summed E-state index contributed by atoms with van der Waals surface area (Å²) in [6, 6.07) is 0. The summed E-state index contributed by atoms with van der Waals surface area (Å²) in [5, 5.41) is 43.8. The Bertz CT molecular complexity index is 572. The molecule has 0 aromatic heterocycles. The molecule has 4 saturated carbocycles. The molecule has 4 fully saturated rings. The summed E-state index contributed by atoms with van der Waals surface area (Å²) in [7, 11) is 0. The van der Waals surface area contributed by atoms with E-state index in [-0.39, 0.29) is 34.7 Å². The van der Waals surface area contributed by atoms with Crippen molar-refractivity contribution in [2.24, 2.45) is 34.0 Å². The summed E-state index contributed by atoms with van der Waals surface area (Å²) >= 11 is 0. The molecule has 24 heavy (non-hydrogen) atoms. The topological polar surface area (TPSA) is 80.9 Å². The third-order valence-corrected chi connectivity index (χ3v) is 8.77. The van der Waals surface area contributed by atoms with Crippen molar-refractivity contribution >= 4 is 0 Å². The lowest BCUT2D eigenvalue weighted by Crippen LogP contribution is -2.68. The zero-order valence-corrected chi connectivity index (χ0v) is 15.1. The molecule has 4 aliphatic rings. The highest BCUT2D eigenvalue weighted by molar-refractivity contribution is 5.30. The van der Waals surface area contributed by atoms with Gasteiger partial charge in [0.15, 0.2) is 0 Å². The molecule has 4 rings (SSSR count). The lowest BCUT2D eigenvalue weighted by atomic mass is 9.39. The van der Waals surface area contributed by atoms with Crippen molar-refractivity contribution in [3.05, 3.63) is 12.2 Å². The van der Waals surface area contributed by atoms with Crippen molar-refractivity contribution in [1.29, 1.82) is 0 Å². The first-order chi connectivity index (χ1) is 11.1. The predicted molar refractivity (Wildman–Crippen MR) is 91.0 cm³/mol. The second kappa shape index (κ2) is 4.85. The molecule has 1 spiro atoms. The van der Waals surface area contributed by atoms with Gasteiger partial charge in [0.1, 0.15) is 0 Å². The van der Waals surface area contributed by atoms with Crippen molar-refractivity contribution in [3.63, 3.8) is 0 Å². The molecule has 0 aliphatic heterocycles. The van der Waals surface area contributed by atoms with E-state index in [2.05, 4.69) is 27.4 Å². The first kappa shape index (κ1) is 17.0. The van der Waals surface area contributed by atoms with Crippen LogP contribution in [0.3, 0.4) is 0 Å². The van der Waals surface area contributed by atoms with E-state index >= 15 is 0 Å². The fourth-order valence-electron chi connectivity index (χ4n) is 7.60. The van der Waals surface area contributed by atoms with Crippen molar-refractivity contribution in [1.82, 2.24) is 0 Å². The predicted octanol–water partition coefficient (Wildman–Crippen LogP) is 1.86. The van der Waals surface area contributed by atoms with Crippen molar-refractivity contribution < 1.29 is 20.4 Å². The number of hydrogen-bond acceptors (Lipinski definition) is 4. The van der Waals surface area contributed by atoms with E-state index in [1.54, 1.807) is 0 Å². The molecule has 4 N–H and O–H groups in total. The molecule has 9 atom stereocenters. The maximum Gasteiger partial charge on any atom is 0.0835 e. The summed E-state index contributed by atoms with van der Waals surface area (Å²) in [4.78, 5) is 0. The summed E-state index contributed by atoms with van der Waals surface area (Å²) in [5.41, 5.74) is -0.346. The minimum absolute atomic E-state index is 0.114. The third kappa shape index (κ3) is 1.74. The van der Waals surface area contributed by atoms with Crippen molar-refractivity contribution in [2.75, 3.05) is 0 Å². The van der Waals surface area contributed by atoms with Gasteiger partial charge >= 0.3 is 0 Å². The minimum Gasteiger partial charge on any atom is -0.393 e. The Hall–Kier alpha value is -0.420. The molecule has 4 aliphatic carbocycles. The van der Waals surface area contributed by atoms with Gasteiger partial charge in [-0.3, -0.25) is 0 Å². The molecule has 0 saturated heterocycles. The van der Waals surface area contributed by atoms with Crippen LogP contribution in [0.15, 0.2) is 12.2 Å². The smallest absolute Gasteiger partial charge is 0.0835 e. The van der Waals surface area contributed by atoms with Gasteiger partial charge in [0.2, 0.25) is 0 Å². The molecule has 0 aromatic rings. The van der Waals surface area contributed by atoms with E-state index in [1.165, 1.54) is 0 Å². The SMILES string of the molecule is C=C1[C@@H]2C[C@H](O)[C@H]3[C@]4(C)CC[C@@H](O)C(C)(C)[C@H]4C[C@@H](O)[C@]3(C2)[C@@H]1O. The number of hydrogen-bond donors (Lipinski definition) is 4. The molecular weight excluding hydrogens is 304 g/mol. The standard InChI is InChI=1S/C20H32O4/c1-10-11-7-12(21)16-19(4)6-5-14(22)18(2,3)13(19)8-15(23)20(16,9-11)17(10)24/h11-17,21-24H,1,5-9H2,2-4H3/t11-,12+,13-,14-,15-,16+,17-,19-,20+/m1/s1. The van der Waals surface area contributed by atoms with Crippen LogP contribution in [0, 0.1) is 34.0 Å². The van der Waals surface area contributed by atoms with Gasteiger partial charge in [0.25, 0.3) is 0 Å². The number of fused-ring (bicyclic) bond motifs is 3. The molecule has 4 heteroatoms. The second-order valence-corrected chi connectivity index (χ2v) is 9.96. The fraction of sp³-hybridized carbons (Fsp3) is 0.900. The van der Waals surface area contributed by atoms with Crippen LogP contribution in [0.5, 0.6) is 0 Å². The molecule has 136 valence electrons. The van der Waals surface area contributed by atoms with Crippen molar-refractivity contribution in [2.45, 2.75) is 77.3 Å². The van der Waals surface area contributed by atoms with Gasteiger partial charge in [-0.25, -0.2) is 0 Å². The normalized spacial score (nSPS) is 59.0. The van der Waals surface area contributed by atoms with Crippen LogP contribution in [0.25, 0.3) is 0 Å². The summed E-state index contributed by atoms with van der Waals surface area (Å²) in [6.45, 7) is 10.5. The molecule has 4 nitrogen and oxygen atoms in total. The summed E-state index contributed by atoms with van der Waals surface area (Å²) in [5.74, 6) is 0.103. The minimum atomic E-state index is -0.729. The van der Waals surface area contributed by atoms with Gasteiger partial charge in [-0.05, 0) is 60.3 Å². The molecule has 0 unspecified atom stereocenters. The van der Waals surface area contributed by atoms with Gasteiger partial charge in [0, 0.05) is 11.3 Å². The average molecular weight is 336 g/mol. The number of aliphatic hydroxyl groups is 4. The Morgan fingerprint density at radius 1 is 1.00 bits per heavy atom. The average Bonchev–Trinajstić information content (AvgIpc) is 2.70. The maximum absolute atomic E-state index is 11.2. The number of aliphatic hydroxyl groups excluding tert-OH is 4. The lowest BCUT2D eigenvalue weighted by Gasteiger charge is -2.67. The van der Waals surface area contributed by atoms with E-state index in [4.69, 9.17) is 0 Å². The van der Waals surface area contributed by atoms with Crippen LogP contribution in [-0.4, -0.2) is 44.8 Å². The molecule has 0 amide bonds. The maximum atomic E-state index is 11.2. The highest BCUT2D eigenvalue weighted by Crippen LogP contribution is 2.71. The zero-order valence-electron chi connectivity index (χ0n) is 15.1. The van der Waals surface area contributed by atoms with Crippen LogP contribution < -0.4 is 0 Å².